The van der Waals surface area contributed by atoms with Gasteiger partial charge in [-0.3, -0.25) is 9.69 Å². The van der Waals surface area contributed by atoms with Gasteiger partial charge in [0.1, 0.15) is 10.9 Å². The monoisotopic (exact) mass is 497 g/mol. The lowest BCUT2D eigenvalue weighted by atomic mass is 10.0. The Bertz CT molecular complexity index is 1280. The average molecular weight is 498 g/mol. The summed E-state index contributed by atoms with van der Waals surface area (Å²) in [6.45, 7) is 3.78. The smallest absolute Gasteiger partial charge is 0.295 e. The molecule has 0 aromatic heterocycles. The fraction of sp³-hybridized carbons (Fsp3) is 0.125. The highest BCUT2D eigenvalue weighted by molar-refractivity contribution is 9.10. The van der Waals surface area contributed by atoms with Crippen molar-refractivity contribution >= 4 is 37.4 Å². The molecule has 0 saturated heterocycles. The van der Waals surface area contributed by atoms with Crippen LogP contribution < -0.4 is 4.90 Å². The molecule has 5 nitrogen and oxygen atoms in total. The van der Waals surface area contributed by atoms with Gasteiger partial charge in [-0.05, 0) is 55.8 Å². The molecule has 7 heteroatoms. The van der Waals surface area contributed by atoms with Gasteiger partial charge >= 0.3 is 0 Å². The Morgan fingerprint density at radius 1 is 0.839 bits per heavy atom. The molecular formula is C24H20BrNO4S. The zero-order valence-electron chi connectivity index (χ0n) is 16.9. The molecule has 3 aromatic rings. The normalized spacial score (nSPS) is 16.8. The van der Waals surface area contributed by atoms with Crippen LogP contribution in [0, 0.1) is 13.8 Å². The van der Waals surface area contributed by atoms with Gasteiger partial charge in [-0.2, -0.15) is 0 Å². The zero-order valence-corrected chi connectivity index (χ0v) is 19.3. The molecule has 1 amide bonds. The molecule has 0 fully saturated rings. The van der Waals surface area contributed by atoms with E-state index >= 15 is 0 Å². The minimum atomic E-state index is -4.14. The van der Waals surface area contributed by atoms with Crippen molar-refractivity contribution in [3.8, 4) is 0 Å². The van der Waals surface area contributed by atoms with Gasteiger partial charge in [-0.1, -0.05) is 63.5 Å². The van der Waals surface area contributed by atoms with Gasteiger partial charge in [0, 0.05) is 10.2 Å². The van der Waals surface area contributed by atoms with E-state index in [0.717, 1.165) is 15.6 Å². The molecule has 158 valence electrons. The van der Waals surface area contributed by atoms with Crippen LogP contribution in [0.4, 0.5) is 5.69 Å². The van der Waals surface area contributed by atoms with Crippen LogP contribution >= 0.6 is 15.9 Å². The van der Waals surface area contributed by atoms with Crippen LogP contribution in [-0.4, -0.2) is 19.4 Å². The summed E-state index contributed by atoms with van der Waals surface area (Å²) in [5.74, 6) is -1.51. The van der Waals surface area contributed by atoms with Crippen LogP contribution in [0.5, 0.6) is 0 Å². The van der Waals surface area contributed by atoms with E-state index in [1.54, 1.807) is 48.5 Å². The summed E-state index contributed by atoms with van der Waals surface area (Å²) in [6, 6.07) is 19.6. The summed E-state index contributed by atoms with van der Waals surface area (Å²) in [4.78, 5) is 14.2. The van der Waals surface area contributed by atoms with E-state index in [-0.39, 0.29) is 9.80 Å². The number of sulfone groups is 1. The number of aliphatic hydroxyl groups excluding tert-OH is 1. The number of aryl methyl sites for hydroxylation is 2. The van der Waals surface area contributed by atoms with Gasteiger partial charge in [0.05, 0.1) is 4.90 Å². The van der Waals surface area contributed by atoms with Gasteiger partial charge in [-0.15, -0.1) is 0 Å². The molecule has 1 unspecified atom stereocenters. The summed E-state index contributed by atoms with van der Waals surface area (Å²) in [7, 11) is -4.14. The number of benzene rings is 3. The Morgan fingerprint density at radius 3 is 1.90 bits per heavy atom. The number of anilines is 1. The largest absolute Gasteiger partial charge is 0.502 e. The summed E-state index contributed by atoms with van der Waals surface area (Å²) in [6.07, 6.45) is 0. The summed E-state index contributed by atoms with van der Waals surface area (Å²) >= 11 is 3.37. The first-order valence-electron chi connectivity index (χ1n) is 9.61. The van der Waals surface area contributed by atoms with Gasteiger partial charge in [0.2, 0.25) is 9.84 Å². The molecule has 0 spiro atoms. The van der Waals surface area contributed by atoms with Gasteiger partial charge in [0.25, 0.3) is 5.91 Å². The van der Waals surface area contributed by atoms with E-state index in [9.17, 15) is 18.3 Å². The van der Waals surface area contributed by atoms with Crippen LogP contribution in [0.1, 0.15) is 22.7 Å². The van der Waals surface area contributed by atoms with E-state index in [4.69, 9.17) is 0 Å². The Balaban J connectivity index is 1.93. The van der Waals surface area contributed by atoms with Crippen molar-refractivity contribution in [2.75, 3.05) is 4.90 Å². The third-order valence-corrected chi connectivity index (χ3v) is 7.70. The number of hydrogen-bond acceptors (Lipinski definition) is 4. The number of amides is 1. The zero-order chi connectivity index (χ0) is 22.3. The molecule has 0 radical (unpaired) electrons. The molecule has 1 aliphatic heterocycles. The van der Waals surface area contributed by atoms with Crippen molar-refractivity contribution in [1.29, 1.82) is 0 Å². The Kier molecular flexibility index (Phi) is 5.49. The van der Waals surface area contributed by atoms with Crippen molar-refractivity contribution in [3.05, 3.63) is 105 Å². The molecule has 0 saturated carbocycles. The first-order chi connectivity index (χ1) is 14.7. The maximum absolute atomic E-state index is 13.6. The lowest BCUT2D eigenvalue weighted by Crippen LogP contribution is -2.31. The Hall–Kier alpha value is -2.90. The van der Waals surface area contributed by atoms with E-state index in [2.05, 4.69) is 15.9 Å². The Labute approximate surface area is 189 Å². The third-order valence-electron chi connectivity index (χ3n) is 5.28. The van der Waals surface area contributed by atoms with Crippen molar-refractivity contribution in [2.45, 2.75) is 24.8 Å². The van der Waals surface area contributed by atoms with Crippen LogP contribution in [0.3, 0.4) is 0 Å². The van der Waals surface area contributed by atoms with Crippen molar-refractivity contribution in [2.24, 2.45) is 0 Å². The second-order valence-corrected chi connectivity index (χ2v) is 10.3. The minimum Gasteiger partial charge on any atom is -0.502 e. The van der Waals surface area contributed by atoms with Gasteiger partial charge < -0.3 is 5.11 Å². The highest BCUT2D eigenvalue weighted by Crippen LogP contribution is 2.45. The van der Waals surface area contributed by atoms with Crippen molar-refractivity contribution in [1.82, 2.24) is 0 Å². The van der Waals surface area contributed by atoms with Gasteiger partial charge in [-0.25, -0.2) is 8.42 Å². The number of hydrogen-bond donors (Lipinski definition) is 1. The maximum Gasteiger partial charge on any atom is 0.295 e. The molecule has 1 atom stereocenters. The Morgan fingerprint density at radius 2 is 1.35 bits per heavy atom. The lowest BCUT2D eigenvalue weighted by molar-refractivity contribution is -0.117. The summed E-state index contributed by atoms with van der Waals surface area (Å²) in [5, 5.41) is 10.8. The van der Waals surface area contributed by atoms with Gasteiger partial charge in [0.15, 0.2) is 5.76 Å². The van der Waals surface area contributed by atoms with E-state index in [1.165, 1.54) is 17.0 Å². The van der Waals surface area contributed by atoms with Crippen molar-refractivity contribution < 1.29 is 18.3 Å². The van der Waals surface area contributed by atoms with Crippen LogP contribution in [0.25, 0.3) is 0 Å². The highest BCUT2D eigenvalue weighted by Gasteiger charge is 2.47. The number of carbonyl (C=O) groups is 1. The second kappa shape index (κ2) is 7.98. The molecule has 3 aromatic carbocycles. The standard InChI is InChI=1S/C24H20BrNO4S/c1-15-3-7-17(8-4-15)21-23(31(29,30)20-13-5-16(2)6-14-20)22(27)24(28)26(21)19-11-9-18(25)10-12-19/h3-14,21,27H,1-2H3. The molecule has 1 heterocycles. The van der Waals surface area contributed by atoms with Crippen molar-refractivity contribution in [3.63, 3.8) is 0 Å². The van der Waals surface area contributed by atoms with Crippen LogP contribution in [-0.2, 0) is 14.6 Å². The highest BCUT2D eigenvalue weighted by atomic mass is 79.9. The number of rotatable bonds is 4. The van der Waals surface area contributed by atoms with E-state index in [0.29, 0.717) is 11.3 Å². The quantitative estimate of drug-likeness (QED) is 0.523. The number of carbonyl (C=O) groups excluding carboxylic acids is 1. The summed E-state index contributed by atoms with van der Waals surface area (Å²) in [5.41, 5.74) is 2.99. The van der Waals surface area contributed by atoms with E-state index < -0.39 is 27.5 Å². The second-order valence-electron chi connectivity index (χ2n) is 7.49. The third kappa shape index (κ3) is 3.79. The maximum atomic E-state index is 13.6. The topological polar surface area (TPSA) is 74.7 Å². The molecule has 1 N–H and O–H groups in total. The van der Waals surface area contributed by atoms with Crippen LogP contribution in [0.2, 0.25) is 0 Å². The number of halogens is 1. The average Bonchev–Trinajstić information content (AvgIpc) is 3.01. The minimum absolute atomic E-state index is 0.0298. The number of nitrogens with zero attached hydrogens (tertiary/aromatic N) is 1. The fourth-order valence-corrected chi connectivity index (χ4v) is 5.51. The predicted molar refractivity (Wildman–Crippen MR) is 124 cm³/mol. The van der Waals surface area contributed by atoms with E-state index in [1.807, 2.05) is 26.0 Å². The molecule has 1 aliphatic rings. The fourth-order valence-electron chi connectivity index (χ4n) is 3.62. The lowest BCUT2D eigenvalue weighted by Gasteiger charge is -2.27. The number of aliphatic hydroxyl groups is 1. The SMILES string of the molecule is Cc1ccc(C2C(S(=O)(=O)c3ccc(C)cc3)=C(O)C(=O)N2c2ccc(Br)cc2)cc1. The molecule has 4 rings (SSSR count). The summed E-state index contributed by atoms with van der Waals surface area (Å²) < 4.78 is 28.0. The molecular weight excluding hydrogens is 478 g/mol. The molecule has 0 bridgehead atoms. The first kappa shape index (κ1) is 21.3. The van der Waals surface area contributed by atoms with Crippen LogP contribution in [0.15, 0.2) is 92.8 Å². The molecule has 0 aliphatic carbocycles. The first-order valence-corrected chi connectivity index (χ1v) is 11.9. The predicted octanol–water partition coefficient (Wildman–Crippen LogP) is 5.40. The molecule has 31 heavy (non-hydrogen) atoms.